The lowest BCUT2D eigenvalue weighted by Crippen LogP contribution is -2.56. The summed E-state index contributed by atoms with van der Waals surface area (Å²) in [5.74, 6) is -0.257. The molecule has 132 valence electrons. The highest BCUT2D eigenvalue weighted by molar-refractivity contribution is 5.96. The number of unbranched alkanes of at least 4 members (excludes halogenated alkanes) is 1. The number of piperazine rings is 1. The zero-order valence-corrected chi connectivity index (χ0v) is 14.4. The fourth-order valence-corrected chi connectivity index (χ4v) is 2.42. The molecule has 1 saturated heterocycles. The van der Waals surface area contributed by atoms with E-state index in [0.29, 0.717) is 19.6 Å². The van der Waals surface area contributed by atoms with E-state index in [0.717, 1.165) is 32.5 Å². The molecule has 1 fully saturated rings. The average Bonchev–Trinajstić information content (AvgIpc) is 2.55. The third-order valence-electron chi connectivity index (χ3n) is 4.02. The first kappa shape index (κ1) is 19.4. The second kappa shape index (κ2) is 10.2. The molecule has 0 aromatic heterocycles. The monoisotopic (exact) mass is 327 g/mol. The van der Waals surface area contributed by atoms with Gasteiger partial charge in [0.05, 0.1) is 12.6 Å². The number of carbonyl (C=O) groups excluding carboxylic acids is 3. The van der Waals surface area contributed by atoms with E-state index in [2.05, 4.69) is 27.8 Å². The number of amides is 4. The van der Waals surface area contributed by atoms with E-state index < -0.39 is 6.03 Å². The maximum atomic E-state index is 11.9. The molecule has 1 atom stereocenters. The van der Waals surface area contributed by atoms with E-state index in [1.807, 2.05) is 4.90 Å². The fourth-order valence-electron chi connectivity index (χ4n) is 2.42. The number of nitrogens with one attached hydrogen (secondary N) is 3. The van der Waals surface area contributed by atoms with Gasteiger partial charge in [-0.05, 0) is 13.3 Å². The summed E-state index contributed by atoms with van der Waals surface area (Å²) in [4.78, 5) is 39.0. The predicted molar refractivity (Wildman–Crippen MR) is 88.0 cm³/mol. The van der Waals surface area contributed by atoms with Crippen LogP contribution < -0.4 is 16.0 Å². The maximum Gasteiger partial charge on any atom is 0.321 e. The molecular weight excluding hydrogens is 298 g/mol. The van der Waals surface area contributed by atoms with Crippen molar-refractivity contribution >= 4 is 17.8 Å². The van der Waals surface area contributed by atoms with E-state index in [4.69, 9.17) is 0 Å². The van der Waals surface area contributed by atoms with Gasteiger partial charge in [-0.25, -0.2) is 4.79 Å². The summed E-state index contributed by atoms with van der Waals surface area (Å²) in [5.41, 5.74) is 0. The first-order valence-electron chi connectivity index (χ1n) is 8.23. The second-order valence-electron chi connectivity index (χ2n) is 5.76. The minimum atomic E-state index is -0.496. The summed E-state index contributed by atoms with van der Waals surface area (Å²) in [6.45, 7) is 7.87. The van der Waals surface area contributed by atoms with Gasteiger partial charge in [0.1, 0.15) is 0 Å². The van der Waals surface area contributed by atoms with Crippen LogP contribution in [-0.4, -0.2) is 80.0 Å². The number of urea groups is 1. The summed E-state index contributed by atoms with van der Waals surface area (Å²) < 4.78 is 0. The van der Waals surface area contributed by atoms with Gasteiger partial charge in [-0.3, -0.25) is 24.7 Å². The Morgan fingerprint density at radius 2 is 1.78 bits per heavy atom. The molecule has 1 aliphatic heterocycles. The maximum absolute atomic E-state index is 11.9. The largest absolute Gasteiger partial charge is 0.355 e. The highest BCUT2D eigenvalue weighted by atomic mass is 16.2. The van der Waals surface area contributed by atoms with Crippen LogP contribution in [0.5, 0.6) is 0 Å². The van der Waals surface area contributed by atoms with E-state index in [-0.39, 0.29) is 17.9 Å². The van der Waals surface area contributed by atoms with Gasteiger partial charge in [0, 0.05) is 39.8 Å². The zero-order valence-electron chi connectivity index (χ0n) is 14.4. The van der Waals surface area contributed by atoms with Crippen LogP contribution in [0.25, 0.3) is 0 Å². The third kappa shape index (κ3) is 6.96. The molecule has 3 N–H and O–H groups in total. The normalized spacial score (nSPS) is 17.3. The first-order valence-corrected chi connectivity index (χ1v) is 8.23. The number of imide groups is 1. The van der Waals surface area contributed by atoms with Gasteiger partial charge in [0.15, 0.2) is 0 Å². The van der Waals surface area contributed by atoms with Gasteiger partial charge in [-0.15, -0.1) is 0 Å². The molecule has 0 bridgehead atoms. The molecule has 0 aromatic carbocycles. The van der Waals surface area contributed by atoms with Crippen LogP contribution in [0.1, 0.15) is 26.7 Å². The van der Waals surface area contributed by atoms with Gasteiger partial charge in [0.25, 0.3) is 0 Å². The summed E-state index contributed by atoms with van der Waals surface area (Å²) in [6, 6.07) is -0.864. The molecule has 23 heavy (non-hydrogen) atoms. The minimum absolute atomic E-state index is 0.0531. The standard InChI is InChI=1S/C15H29N5O3/c1-4-5-6-17-13(21)11-19-7-9-20(10-8-19)12(2)14(22)18-15(23)16-3/h12H,4-11H2,1-3H3,(H,17,21)(H2,16,18,22,23). The molecule has 1 aliphatic rings. The van der Waals surface area contributed by atoms with Gasteiger partial charge in [-0.2, -0.15) is 0 Å². The van der Waals surface area contributed by atoms with Gasteiger partial charge in [-0.1, -0.05) is 13.3 Å². The van der Waals surface area contributed by atoms with Gasteiger partial charge < -0.3 is 10.6 Å². The summed E-state index contributed by atoms with van der Waals surface area (Å²) in [5, 5.41) is 7.56. The van der Waals surface area contributed by atoms with Crippen LogP contribution in [0.3, 0.4) is 0 Å². The van der Waals surface area contributed by atoms with Crippen molar-refractivity contribution in [1.29, 1.82) is 0 Å². The van der Waals surface area contributed by atoms with E-state index >= 15 is 0 Å². The molecule has 0 radical (unpaired) electrons. The number of hydrogen-bond acceptors (Lipinski definition) is 5. The van der Waals surface area contributed by atoms with Crippen LogP contribution in [-0.2, 0) is 9.59 Å². The molecule has 0 aliphatic carbocycles. The van der Waals surface area contributed by atoms with Crippen LogP contribution in [0, 0.1) is 0 Å². The summed E-state index contributed by atoms with van der Waals surface area (Å²) in [7, 11) is 1.47. The highest BCUT2D eigenvalue weighted by Crippen LogP contribution is 2.06. The smallest absolute Gasteiger partial charge is 0.321 e. The van der Waals surface area contributed by atoms with Crippen molar-refractivity contribution in [2.24, 2.45) is 0 Å². The number of carbonyl (C=O) groups is 3. The Balaban J connectivity index is 2.30. The van der Waals surface area contributed by atoms with E-state index in [9.17, 15) is 14.4 Å². The average molecular weight is 327 g/mol. The fraction of sp³-hybridized carbons (Fsp3) is 0.800. The highest BCUT2D eigenvalue weighted by Gasteiger charge is 2.26. The molecule has 0 aromatic rings. The van der Waals surface area contributed by atoms with Crippen LogP contribution in [0.2, 0.25) is 0 Å². The molecule has 0 spiro atoms. The number of rotatable bonds is 7. The third-order valence-corrected chi connectivity index (χ3v) is 4.02. The molecule has 1 unspecified atom stereocenters. The Bertz CT molecular complexity index is 408. The Morgan fingerprint density at radius 1 is 1.13 bits per heavy atom. The Kier molecular flexibility index (Phi) is 8.57. The van der Waals surface area contributed by atoms with E-state index in [1.165, 1.54) is 7.05 Å². The zero-order chi connectivity index (χ0) is 17.2. The lowest BCUT2D eigenvalue weighted by atomic mass is 10.2. The van der Waals surface area contributed by atoms with E-state index in [1.54, 1.807) is 6.92 Å². The summed E-state index contributed by atoms with van der Waals surface area (Å²) in [6.07, 6.45) is 2.06. The second-order valence-corrected chi connectivity index (χ2v) is 5.76. The van der Waals surface area contributed by atoms with Crippen LogP contribution >= 0.6 is 0 Å². The molecule has 0 saturated carbocycles. The van der Waals surface area contributed by atoms with Crippen molar-refractivity contribution in [3.8, 4) is 0 Å². The molecule has 8 nitrogen and oxygen atoms in total. The Labute approximate surface area is 137 Å². The van der Waals surface area contributed by atoms with Gasteiger partial charge in [0.2, 0.25) is 11.8 Å². The predicted octanol–water partition coefficient (Wildman–Crippen LogP) is -0.636. The number of nitrogens with zero attached hydrogens (tertiary/aromatic N) is 2. The summed E-state index contributed by atoms with van der Waals surface area (Å²) >= 11 is 0. The molecule has 1 heterocycles. The van der Waals surface area contributed by atoms with Crippen molar-refractivity contribution in [2.75, 3.05) is 46.3 Å². The van der Waals surface area contributed by atoms with Crippen molar-refractivity contribution in [1.82, 2.24) is 25.8 Å². The molecule has 1 rings (SSSR count). The Hall–Kier alpha value is -1.67. The van der Waals surface area contributed by atoms with Gasteiger partial charge >= 0.3 is 6.03 Å². The van der Waals surface area contributed by atoms with Crippen molar-refractivity contribution in [3.05, 3.63) is 0 Å². The molecule has 8 heteroatoms. The first-order chi connectivity index (χ1) is 11.0. The minimum Gasteiger partial charge on any atom is -0.355 e. The SMILES string of the molecule is CCCCNC(=O)CN1CCN(C(C)C(=O)NC(=O)NC)CC1. The van der Waals surface area contributed by atoms with Crippen molar-refractivity contribution in [3.63, 3.8) is 0 Å². The van der Waals surface area contributed by atoms with Crippen LogP contribution in [0.15, 0.2) is 0 Å². The Morgan fingerprint density at radius 3 is 2.35 bits per heavy atom. The van der Waals surface area contributed by atoms with Crippen molar-refractivity contribution in [2.45, 2.75) is 32.7 Å². The molecular formula is C15H29N5O3. The quantitative estimate of drug-likeness (QED) is 0.541. The van der Waals surface area contributed by atoms with Crippen molar-refractivity contribution < 1.29 is 14.4 Å². The lowest BCUT2D eigenvalue weighted by molar-refractivity contribution is -0.127. The topological polar surface area (TPSA) is 93.8 Å². The number of hydrogen-bond donors (Lipinski definition) is 3. The lowest BCUT2D eigenvalue weighted by Gasteiger charge is -2.36. The molecule has 4 amide bonds. The van der Waals surface area contributed by atoms with Crippen LogP contribution in [0.4, 0.5) is 4.79 Å².